The maximum absolute atomic E-state index is 13.5. The molecule has 2 aromatic rings. The van der Waals surface area contributed by atoms with Gasteiger partial charge in [0.25, 0.3) is 5.91 Å². The van der Waals surface area contributed by atoms with Crippen LogP contribution < -0.4 is 15.0 Å². The van der Waals surface area contributed by atoms with E-state index >= 15 is 0 Å². The number of nitrogens with one attached hydrogen (secondary N) is 1. The van der Waals surface area contributed by atoms with Crippen molar-refractivity contribution in [2.45, 2.75) is 56.5 Å². The minimum atomic E-state index is -4.87. The van der Waals surface area contributed by atoms with Gasteiger partial charge in [0.2, 0.25) is 0 Å². The number of nitrogens with zero attached hydrogens (tertiary/aromatic N) is 2. The number of sulfone groups is 1. The Labute approximate surface area is 234 Å². The molecule has 216 valence electrons. The lowest BCUT2D eigenvalue weighted by Crippen LogP contribution is -2.45. The van der Waals surface area contributed by atoms with Gasteiger partial charge in [0.05, 0.1) is 17.5 Å². The normalized spacial score (nSPS) is 22.1. The highest BCUT2D eigenvalue weighted by atomic mass is 32.2. The fraction of sp³-hybridized carbons (Fsp3) is 0.423. The van der Waals surface area contributed by atoms with Gasteiger partial charge in [-0.25, -0.2) is 13.2 Å². The van der Waals surface area contributed by atoms with E-state index in [-0.39, 0.29) is 23.1 Å². The first kappa shape index (κ1) is 29.7. The number of amides is 2. The number of thioether (sulfide) groups is 1. The van der Waals surface area contributed by atoms with E-state index in [0.717, 1.165) is 29.5 Å². The van der Waals surface area contributed by atoms with Crippen LogP contribution in [0.4, 0.5) is 23.7 Å². The molecule has 40 heavy (non-hydrogen) atoms. The number of aliphatic imine (C=N–C) groups is 1. The Bertz CT molecular complexity index is 1380. The van der Waals surface area contributed by atoms with Gasteiger partial charge in [-0.2, -0.15) is 4.99 Å². The Kier molecular flexibility index (Phi) is 8.41. The molecule has 2 heterocycles. The van der Waals surface area contributed by atoms with Crippen LogP contribution in [0.5, 0.6) is 5.75 Å². The Balaban J connectivity index is 1.64. The number of hydrogen-bond donors (Lipinski definition) is 1. The van der Waals surface area contributed by atoms with E-state index in [2.05, 4.69) is 15.0 Å². The molecule has 0 aromatic heterocycles. The van der Waals surface area contributed by atoms with Crippen molar-refractivity contribution < 1.29 is 40.7 Å². The largest absolute Gasteiger partial charge is 0.573 e. The average molecular weight is 600 g/mol. The van der Waals surface area contributed by atoms with Crippen LogP contribution >= 0.6 is 11.8 Å². The second-order valence-corrected chi connectivity index (χ2v) is 13.7. The highest BCUT2D eigenvalue weighted by Gasteiger charge is 2.49. The lowest BCUT2D eigenvalue weighted by atomic mass is 10.1. The Morgan fingerprint density at radius 1 is 1.07 bits per heavy atom. The Morgan fingerprint density at radius 3 is 2.33 bits per heavy atom. The first-order valence-corrected chi connectivity index (χ1v) is 15.0. The number of rotatable bonds is 6. The van der Waals surface area contributed by atoms with E-state index in [1.165, 1.54) is 12.1 Å². The van der Waals surface area contributed by atoms with Crippen molar-refractivity contribution in [2.24, 2.45) is 4.99 Å². The van der Waals surface area contributed by atoms with Gasteiger partial charge in [0.1, 0.15) is 17.4 Å². The molecule has 2 aliphatic heterocycles. The molecule has 0 spiro atoms. The number of ether oxygens (including phenoxy) is 2. The molecule has 0 radical (unpaired) electrons. The molecule has 0 unspecified atom stereocenters. The van der Waals surface area contributed by atoms with Gasteiger partial charge in [-0.1, -0.05) is 42.1 Å². The molecule has 2 saturated heterocycles. The van der Waals surface area contributed by atoms with Crippen LogP contribution in [0.1, 0.15) is 26.3 Å². The molecular formula is C26H28F3N3O6S2. The van der Waals surface area contributed by atoms with Gasteiger partial charge < -0.3 is 19.7 Å². The van der Waals surface area contributed by atoms with Crippen molar-refractivity contribution in [3.8, 4) is 5.75 Å². The van der Waals surface area contributed by atoms with Crippen molar-refractivity contribution in [2.75, 3.05) is 16.4 Å². The molecule has 0 bridgehead atoms. The van der Waals surface area contributed by atoms with E-state index in [1.807, 2.05) is 6.07 Å². The lowest BCUT2D eigenvalue weighted by Gasteiger charge is -2.25. The van der Waals surface area contributed by atoms with Crippen molar-refractivity contribution >= 4 is 44.5 Å². The van der Waals surface area contributed by atoms with E-state index in [4.69, 9.17) is 4.74 Å². The summed E-state index contributed by atoms with van der Waals surface area (Å²) in [5.41, 5.74) is 0.299. The zero-order chi connectivity index (χ0) is 29.3. The highest BCUT2D eigenvalue weighted by Crippen LogP contribution is 2.41. The zero-order valence-electron chi connectivity index (χ0n) is 21.8. The number of hydrogen-bond acceptors (Lipinski definition) is 7. The summed E-state index contributed by atoms with van der Waals surface area (Å²) < 4.78 is 71.8. The minimum absolute atomic E-state index is 0.116. The molecule has 2 aromatic carbocycles. The van der Waals surface area contributed by atoms with Gasteiger partial charge >= 0.3 is 12.5 Å². The van der Waals surface area contributed by atoms with E-state index < -0.39 is 56.9 Å². The maximum atomic E-state index is 13.5. The third-order valence-electron chi connectivity index (χ3n) is 5.89. The maximum Gasteiger partial charge on any atom is 0.573 e. The molecule has 4 rings (SSSR count). The average Bonchev–Trinajstić information content (AvgIpc) is 3.28. The summed E-state index contributed by atoms with van der Waals surface area (Å²) in [7, 11) is -3.37. The van der Waals surface area contributed by atoms with Crippen LogP contribution in [0, 0.1) is 0 Å². The number of alkyl halides is 3. The number of carbonyl (C=O) groups excluding carboxylic acids is 2. The molecular weight excluding hydrogens is 571 g/mol. The molecule has 14 heteroatoms. The molecule has 2 aliphatic rings. The number of alkyl carbamates (subject to hydrolysis) is 1. The lowest BCUT2D eigenvalue weighted by molar-refractivity contribution is -0.274. The first-order valence-electron chi connectivity index (χ1n) is 12.3. The number of halogens is 3. The summed E-state index contributed by atoms with van der Waals surface area (Å²) in [4.78, 5) is 31.8. The monoisotopic (exact) mass is 599 g/mol. The van der Waals surface area contributed by atoms with Gasteiger partial charge in [-0.3, -0.25) is 4.79 Å². The smallest absolute Gasteiger partial charge is 0.444 e. The highest BCUT2D eigenvalue weighted by molar-refractivity contribution is 8.16. The molecule has 2 amide bonds. The van der Waals surface area contributed by atoms with E-state index in [0.29, 0.717) is 5.69 Å². The van der Waals surface area contributed by atoms with Gasteiger partial charge in [0, 0.05) is 17.4 Å². The summed E-state index contributed by atoms with van der Waals surface area (Å²) in [5, 5.41) is 2.33. The number of benzene rings is 2. The van der Waals surface area contributed by atoms with Crippen LogP contribution in [0.3, 0.4) is 0 Å². The Hall–Kier alpha value is -3.26. The summed E-state index contributed by atoms with van der Waals surface area (Å²) in [6, 6.07) is 12.2. The number of fused-ring (bicyclic) bond motifs is 1. The third-order valence-corrected chi connectivity index (χ3v) is 9.10. The number of carbonyl (C=O) groups is 2. The van der Waals surface area contributed by atoms with Gasteiger partial charge in [0.15, 0.2) is 15.0 Å². The summed E-state index contributed by atoms with van der Waals surface area (Å²) in [5.74, 6) is -1.48. The van der Waals surface area contributed by atoms with Crippen LogP contribution in [0.15, 0.2) is 59.6 Å². The zero-order valence-corrected chi connectivity index (χ0v) is 23.5. The SMILES string of the molecule is CC(C)(C)OC(=O)N[C@H](Cc1ccccc1)C(=O)N=C1S[C@H]2CS(=O)(=O)C[C@H]2N1c1ccc(OC(F)(F)F)cc1. The van der Waals surface area contributed by atoms with E-state index in [9.17, 15) is 31.2 Å². The summed E-state index contributed by atoms with van der Waals surface area (Å²) >= 11 is 1.10. The second kappa shape index (κ2) is 11.3. The standard InChI is InChI=1S/C26H28F3N3O6S2/c1-25(2,3)38-24(34)30-19(13-16-7-5-4-6-8-16)22(33)31-23-32(20-14-40(35,36)15-21(20)39-23)17-9-11-18(12-10-17)37-26(27,28)29/h4-12,19-21H,13-15H2,1-3H3,(H,30,34)/t19-,20-,21+/m1/s1. The quantitative estimate of drug-likeness (QED) is 0.522. The Morgan fingerprint density at radius 2 is 1.73 bits per heavy atom. The van der Waals surface area contributed by atoms with Crippen molar-refractivity contribution in [3.05, 3.63) is 60.2 Å². The third kappa shape index (κ3) is 7.90. The van der Waals surface area contributed by atoms with Crippen molar-refractivity contribution in [1.82, 2.24) is 5.32 Å². The minimum Gasteiger partial charge on any atom is -0.444 e. The van der Waals surface area contributed by atoms with Crippen LogP contribution in [0.2, 0.25) is 0 Å². The predicted octanol–water partition coefficient (Wildman–Crippen LogP) is 4.32. The van der Waals surface area contributed by atoms with Crippen LogP contribution in [-0.2, 0) is 25.8 Å². The second-order valence-electron chi connectivity index (χ2n) is 10.3. The molecule has 9 nitrogen and oxygen atoms in total. The summed E-state index contributed by atoms with van der Waals surface area (Å²) in [6.45, 7) is 5.06. The predicted molar refractivity (Wildman–Crippen MR) is 145 cm³/mol. The molecule has 1 N–H and O–H groups in total. The van der Waals surface area contributed by atoms with E-state index in [1.54, 1.807) is 49.9 Å². The number of anilines is 1. The number of amidine groups is 1. The molecule has 0 aliphatic carbocycles. The van der Waals surface area contributed by atoms with Crippen molar-refractivity contribution in [1.29, 1.82) is 0 Å². The molecule has 3 atom stereocenters. The van der Waals surface area contributed by atoms with Gasteiger partial charge in [-0.15, -0.1) is 13.2 Å². The fourth-order valence-corrected chi connectivity index (χ4v) is 8.27. The topological polar surface area (TPSA) is 114 Å². The van der Waals surface area contributed by atoms with Crippen LogP contribution in [0.25, 0.3) is 0 Å². The summed E-state index contributed by atoms with van der Waals surface area (Å²) in [6.07, 6.45) is -5.56. The van der Waals surface area contributed by atoms with Crippen molar-refractivity contribution in [3.63, 3.8) is 0 Å². The fourth-order valence-electron chi connectivity index (χ4n) is 4.35. The molecule has 0 saturated carbocycles. The first-order chi connectivity index (χ1) is 18.6. The van der Waals surface area contributed by atoms with Gasteiger partial charge in [-0.05, 0) is 50.6 Å². The molecule has 2 fully saturated rings. The van der Waals surface area contributed by atoms with Crippen LogP contribution in [-0.4, -0.2) is 66.4 Å².